The Bertz CT molecular complexity index is 1520. The van der Waals surface area contributed by atoms with Crippen molar-refractivity contribution in [3.05, 3.63) is 80.5 Å². The Morgan fingerprint density at radius 1 is 1.14 bits per heavy atom. The van der Waals surface area contributed by atoms with E-state index in [9.17, 15) is 14.4 Å². The van der Waals surface area contributed by atoms with Gasteiger partial charge in [-0.15, -0.1) is 11.3 Å². The topological polar surface area (TPSA) is 112 Å². The summed E-state index contributed by atoms with van der Waals surface area (Å²) < 4.78 is 11.8. The summed E-state index contributed by atoms with van der Waals surface area (Å²) in [5, 5.41) is 3.70. The number of hydrogen-bond donors (Lipinski definition) is 2. The molecule has 0 saturated heterocycles. The number of amides is 2. The maximum atomic E-state index is 13.1. The molecule has 1 atom stereocenters. The van der Waals surface area contributed by atoms with Gasteiger partial charge < -0.3 is 20.2 Å². The van der Waals surface area contributed by atoms with Crippen LogP contribution in [-0.4, -0.2) is 17.9 Å². The largest absolute Gasteiger partial charge is 0.481 e. The summed E-state index contributed by atoms with van der Waals surface area (Å²) in [6.07, 6.45) is 1.80. The Morgan fingerprint density at radius 2 is 1.91 bits per heavy atom. The number of ether oxygens (including phenoxy) is 1. The third-order valence-corrected chi connectivity index (χ3v) is 7.40. The van der Waals surface area contributed by atoms with Crippen LogP contribution in [0.25, 0.3) is 22.1 Å². The number of benzene rings is 2. The molecule has 1 aliphatic carbocycles. The van der Waals surface area contributed by atoms with Crippen LogP contribution >= 0.6 is 11.3 Å². The number of rotatable bonds is 6. The highest BCUT2D eigenvalue weighted by molar-refractivity contribution is 7.17. The highest BCUT2D eigenvalue weighted by Crippen LogP contribution is 2.39. The second-order valence-corrected chi connectivity index (χ2v) is 9.67. The molecular formula is C27H24N2O5S. The summed E-state index contributed by atoms with van der Waals surface area (Å²) in [7, 11) is 0. The highest BCUT2D eigenvalue weighted by Gasteiger charge is 2.27. The first kappa shape index (κ1) is 22.9. The number of carbonyl (C=O) groups excluding carboxylic acids is 2. The number of carbonyl (C=O) groups is 2. The highest BCUT2D eigenvalue weighted by atomic mass is 32.1. The molecule has 2 amide bonds. The van der Waals surface area contributed by atoms with Gasteiger partial charge in [-0.3, -0.25) is 14.4 Å². The van der Waals surface area contributed by atoms with Crippen LogP contribution in [-0.2, 0) is 17.6 Å². The maximum absolute atomic E-state index is 13.1. The summed E-state index contributed by atoms with van der Waals surface area (Å²) >= 11 is 1.40. The van der Waals surface area contributed by atoms with Crippen molar-refractivity contribution in [1.29, 1.82) is 0 Å². The number of anilines is 1. The fourth-order valence-corrected chi connectivity index (χ4v) is 5.82. The molecule has 2 aromatic carbocycles. The SMILES string of the molecule is Cc1oc2cc(O[C@H](C)C(=O)Nc3sc4c(c3C(N)=O)CCC4)ccc2c(=O)c1-c1ccccc1. The van der Waals surface area contributed by atoms with Crippen molar-refractivity contribution in [2.24, 2.45) is 5.73 Å². The van der Waals surface area contributed by atoms with Crippen molar-refractivity contribution >= 4 is 39.1 Å². The minimum atomic E-state index is -0.860. The van der Waals surface area contributed by atoms with Gasteiger partial charge in [0.25, 0.3) is 11.8 Å². The molecule has 8 heteroatoms. The molecule has 1 aliphatic rings. The van der Waals surface area contributed by atoms with Crippen LogP contribution in [0.1, 0.15) is 39.9 Å². The van der Waals surface area contributed by atoms with Gasteiger partial charge in [0.15, 0.2) is 6.10 Å². The minimum absolute atomic E-state index is 0.128. The lowest BCUT2D eigenvalue weighted by Gasteiger charge is -2.15. The molecule has 0 saturated carbocycles. The van der Waals surface area contributed by atoms with E-state index in [1.165, 1.54) is 11.3 Å². The molecule has 0 fully saturated rings. The second-order valence-electron chi connectivity index (χ2n) is 8.56. The van der Waals surface area contributed by atoms with E-state index in [4.69, 9.17) is 14.9 Å². The van der Waals surface area contributed by atoms with Gasteiger partial charge in [0.1, 0.15) is 22.1 Å². The van der Waals surface area contributed by atoms with Crippen LogP contribution in [0.3, 0.4) is 0 Å². The number of primary amides is 1. The lowest BCUT2D eigenvalue weighted by atomic mass is 10.0. The normalized spacial score (nSPS) is 13.4. The Hall–Kier alpha value is -3.91. The Labute approximate surface area is 205 Å². The molecule has 2 aromatic heterocycles. The zero-order valence-electron chi connectivity index (χ0n) is 19.3. The van der Waals surface area contributed by atoms with Crippen LogP contribution in [0.5, 0.6) is 5.75 Å². The van der Waals surface area contributed by atoms with Crippen molar-refractivity contribution in [3.63, 3.8) is 0 Å². The van der Waals surface area contributed by atoms with Crippen molar-refractivity contribution < 1.29 is 18.7 Å². The molecule has 2 heterocycles. The van der Waals surface area contributed by atoms with E-state index >= 15 is 0 Å². The predicted octanol–water partition coefficient (Wildman–Crippen LogP) is 4.82. The van der Waals surface area contributed by atoms with E-state index in [0.29, 0.717) is 38.6 Å². The number of thiophene rings is 1. The summed E-state index contributed by atoms with van der Waals surface area (Å²) in [4.78, 5) is 39.1. The summed E-state index contributed by atoms with van der Waals surface area (Å²) in [6.45, 7) is 3.37. The fraction of sp³-hybridized carbons (Fsp3) is 0.222. The average Bonchev–Trinajstić information content (AvgIpc) is 3.40. The van der Waals surface area contributed by atoms with E-state index in [-0.39, 0.29) is 5.43 Å². The van der Waals surface area contributed by atoms with Crippen molar-refractivity contribution in [3.8, 4) is 16.9 Å². The van der Waals surface area contributed by atoms with Crippen molar-refractivity contribution in [2.75, 3.05) is 5.32 Å². The lowest BCUT2D eigenvalue weighted by molar-refractivity contribution is -0.122. The Balaban J connectivity index is 1.37. The smallest absolute Gasteiger partial charge is 0.265 e. The van der Waals surface area contributed by atoms with Crippen LogP contribution < -0.4 is 21.2 Å². The van der Waals surface area contributed by atoms with Gasteiger partial charge in [-0.1, -0.05) is 30.3 Å². The molecule has 4 aromatic rings. The van der Waals surface area contributed by atoms with Gasteiger partial charge >= 0.3 is 0 Å². The van der Waals surface area contributed by atoms with Gasteiger partial charge in [0.2, 0.25) is 5.43 Å². The van der Waals surface area contributed by atoms with Crippen LogP contribution in [0.2, 0.25) is 0 Å². The van der Waals surface area contributed by atoms with Crippen molar-refractivity contribution in [2.45, 2.75) is 39.2 Å². The predicted molar refractivity (Wildman–Crippen MR) is 136 cm³/mol. The quantitative estimate of drug-likeness (QED) is 0.404. The third kappa shape index (κ3) is 4.21. The van der Waals surface area contributed by atoms with Gasteiger partial charge in [0, 0.05) is 10.9 Å². The fourth-order valence-electron chi connectivity index (χ4n) is 4.52. The molecule has 0 bridgehead atoms. The van der Waals surface area contributed by atoms with E-state index in [1.807, 2.05) is 30.3 Å². The molecular weight excluding hydrogens is 464 g/mol. The Morgan fingerprint density at radius 3 is 2.66 bits per heavy atom. The number of nitrogens with one attached hydrogen (secondary N) is 1. The Kier molecular flexibility index (Phi) is 5.90. The average molecular weight is 489 g/mol. The number of aryl methyl sites for hydroxylation is 2. The van der Waals surface area contributed by atoms with E-state index in [1.54, 1.807) is 32.0 Å². The zero-order chi connectivity index (χ0) is 24.7. The van der Waals surface area contributed by atoms with Gasteiger partial charge in [-0.2, -0.15) is 0 Å². The molecule has 0 spiro atoms. The van der Waals surface area contributed by atoms with Crippen LogP contribution in [0, 0.1) is 6.92 Å². The maximum Gasteiger partial charge on any atom is 0.265 e. The van der Waals surface area contributed by atoms with Gasteiger partial charge in [0.05, 0.1) is 16.5 Å². The molecule has 0 radical (unpaired) electrons. The lowest BCUT2D eigenvalue weighted by Crippen LogP contribution is -2.30. The van der Waals surface area contributed by atoms with E-state index < -0.39 is 17.9 Å². The van der Waals surface area contributed by atoms with Gasteiger partial charge in [-0.25, -0.2) is 0 Å². The molecule has 178 valence electrons. The molecule has 7 nitrogen and oxygen atoms in total. The monoisotopic (exact) mass is 488 g/mol. The van der Waals surface area contributed by atoms with Crippen LogP contribution in [0.4, 0.5) is 5.00 Å². The zero-order valence-corrected chi connectivity index (χ0v) is 20.2. The molecule has 0 aliphatic heterocycles. The second kappa shape index (κ2) is 9.03. The summed E-state index contributed by atoms with van der Waals surface area (Å²) in [5.74, 6) is -0.0482. The number of nitrogens with two attached hydrogens (primary N) is 1. The number of hydrogen-bond acceptors (Lipinski definition) is 6. The minimum Gasteiger partial charge on any atom is -0.481 e. The molecule has 0 unspecified atom stereocenters. The standard InChI is InChI=1S/C27H24N2O5S/c1-14-22(16-7-4-3-5-8-16)24(30)18-12-11-17(13-20(18)34-14)33-15(2)26(32)29-27-23(25(28)31)19-9-6-10-21(19)35-27/h3-5,7-8,11-13,15H,6,9-10H2,1-2H3,(H2,28,31)(H,29,32)/t15-/m1/s1. The first-order chi connectivity index (χ1) is 16.8. The first-order valence-corrected chi connectivity index (χ1v) is 12.2. The van der Waals surface area contributed by atoms with Gasteiger partial charge in [-0.05, 0) is 56.4 Å². The van der Waals surface area contributed by atoms with E-state index in [0.717, 1.165) is 35.3 Å². The van der Waals surface area contributed by atoms with Crippen LogP contribution in [0.15, 0.2) is 57.7 Å². The molecule has 5 rings (SSSR count). The number of fused-ring (bicyclic) bond motifs is 2. The summed E-state index contributed by atoms with van der Waals surface area (Å²) in [6, 6.07) is 14.3. The van der Waals surface area contributed by atoms with Crippen molar-refractivity contribution in [1.82, 2.24) is 0 Å². The first-order valence-electron chi connectivity index (χ1n) is 11.4. The van der Waals surface area contributed by atoms with E-state index in [2.05, 4.69) is 5.32 Å². The third-order valence-electron chi connectivity index (χ3n) is 6.19. The summed E-state index contributed by atoms with van der Waals surface area (Å²) in [5.41, 5.74) is 8.49. The molecule has 35 heavy (non-hydrogen) atoms. The molecule has 3 N–H and O–H groups in total.